The Hall–Kier alpha value is -2.04. The molecule has 2 heterocycles. The van der Waals surface area contributed by atoms with E-state index in [4.69, 9.17) is 0 Å². The first-order valence-electron chi connectivity index (χ1n) is 12.5. The largest absolute Gasteiger partial charge is 0.371 e. The third-order valence-electron chi connectivity index (χ3n) is 7.67. The first-order valence-corrected chi connectivity index (χ1v) is 12.5. The van der Waals surface area contributed by atoms with Crippen molar-refractivity contribution < 1.29 is 9.59 Å². The summed E-state index contributed by atoms with van der Waals surface area (Å²) >= 11 is 0. The second kappa shape index (κ2) is 10.1. The van der Waals surface area contributed by atoms with Crippen LogP contribution in [0.4, 0.5) is 11.4 Å². The highest BCUT2D eigenvalue weighted by Crippen LogP contribution is 2.31. The zero-order chi connectivity index (χ0) is 21.8. The summed E-state index contributed by atoms with van der Waals surface area (Å²) in [5.41, 5.74) is 2.55. The highest BCUT2D eigenvalue weighted by Gasteiger charge is 2.27. The molecular weight excluding hydrogens is 386 g/mol. The third-order valence-corrected chi connectivity index (χ3v) is 7.67. The SMILES string of the molecule is CC1CCN(C(=O)c2cc(NC(=O)C3CCCCC3)ccc2N2CCC(C)CC2)CC1. The van der Waals surface area contributed by atoms with Gasteiger partial charge in [-0.15, -0.1) is 0 Å². The predicted octanol–water partition coefficient (Wildman–Crippen LogP) is 5.31. The Morgan fingerprint density at radius 1 is 0.839 bits per heavy atom. The zero-order valence-corrected chi connectivity index (χ0v) is 19.4. The molecule has 0 atom stereocenters. The number of rotatable bonds is 4. The molecule has 3 aliphatic rings. The van der Waals surface area contributed by atoms with Gasteiger partial charge in [-0.25, -0.2) is 0 Å². The van der Waals surface area contributed by atoms with Crippen LogP contribution in [0.1, 0.15) is 82.0 Å². The maximum Gasteiger partial charge on any atom is 0.256 e. The quantitative estimate of drug-likeness (QED) is 0.711. The first kappa shape index (κ1) is 22.2. The molecule has 31 heavy (non-hydrogen) atoms. The lowest BCUT2D eigenvalue weighted by atomic mass is 9.88. The molecule has 170 valence electrons. The van der Waals surface area contributed by atoms with Gasteiger partial charge in [0.1, 0.15) is 0 Å². The van der Waals surface area contributed by atoms with E-state index in [1.54, 1.807) is 0 Å². The van der Waals surface area contributed by atoms with Crippen molar-refractivity contribution in [1.29, 1.82) is 0 Å². The van der Waals surface area contributed by atoms with Crippen LogP contribution in [-0.4, -0.2) is 42.9 Å². The summed E-state index contributed by atoms with van der Waals surface area (Å²) in [6.45, 7) is 8.22. The second-order valence-corrected chi connectivity index (χ2v) is 10.2. The number of nitrogens with zero attached hydrogens (tertiary/aromatic N) is 2. The van der Waals surface area contributed by atoms with Gasteiger partial charge in [0.2, 0.25) is 5.91 Å². The highest BCUT2D eigenvalue weighted by molar-refractivity contribution is 6.02. The van der Waals surface area contributed by atoms with Gasteiger partial charge >= 0.3 is 0 Å². The van der Waals surface area contributed by atoms with Gasteiger partial charge in [-0.05, 0) is 68.6 Å². The van der Waals surface area contributed by atoms with E-state index >= 15 is 0 Å². The molecule has 0 radical (unpaired) electrons. The number of carbonyl (C=O) groups excluding carboxylic acids is 2. The fourth-order valence-corrected chi connectivity index (χ4v) is 5.30. The van der Waals surface area contributed by atoms with Gasteiger partial charge in [0.15, 0.2) is 0 Å². The van der Waals surface area contributed by atoms with Gasteiger partial charge in [-0.2, -0.15) is 0 Å². The maximum atomic E-state index is 13.6. The molecule has 1 aromatic rings. The van der Waals surface area contributed by atoms with E-state index < -0.39 is 0 Å². The number of hydrogen-bond donors (Lipinski definition) is 1. The Balaban J connectivity index is 1.56. The smallest absolute Gasteiger partial charge is 0.256 e. The molecule has 2 saturated heterocycles. The fraction of sp³-hybridized carbons (Fsp3) is 0.692. The van der Waals surface area contributed by atoms with Crippen molar-refractivity contribution in [3.8, 4) is 0 Å². The van der Waals surface area contributed by atoms with Crippen molar-refractivity contribution >= 4 is 23.2 Å². The molecule has 3 fully saturated rings. The molecule has 0 bridgehead atoms. The molecule has 2 amide bonds. The summed E-state index contributed by atoms with van der Waals surface area (Å²) in [6, 6.07) is 5.99. The average Bonchev–Trinajstić information content (AvgIpc) is 2.80. The normalized spacial score (nSPS) is 21.9. The summed E-state index contributed by atoms with van der Waals surface area (Å²) in [5, 5.41) is 3.13. The summed E-state index contributed by atoms with van der Waals surface area (Å²) in [6.07, 6.45) is 9.94. The summed E-state index contributed by atoms with van der Waals surface area (Å²) in [7, 11) is 0. The van der Waals surface area contributed by atoms with Crippen LogP contribution in [0.15, 0.2) is 18.2 Å². The number of piperidine rings is 2. The van der Waals surface area contributed by atoms with E-state index in [1.807, 2.05) is 17.0 Å². The second-order valence-electron chi connectivity index (χ2n) is 10.2. The fourth-order valence-electron chi connectivity index (χ4n) is 5.30. The molecule has 0 aromatic heterocycles. The molecule has 5 heteroatoms. The number of nitrogens with one attached hydrogen (secondary N) is 1. The van der Waals surface area contributed by atoms with Crippen molar-refractivity contribution in [2.24, 2.45) is 17.8 Å². The maximum absolute atomic E-state index is 13.6. The Morgan fingerprint density at radius 3 is 2.10 bits per heavy atom. The molecule has 0 unspecified atom stereocenters. The molecule has 0 spiro atoms. The first-order chi connectivity index (χ1) is 15.0. The standard InChI is InChI=1S/C26H39N3O2/c1-19-10-14-28(15-11-19)24-9-8-22(27-25(30)21-6-4-3-5-7-21)18-23(24)26(31)29-16-12-20(2)13-17-29/h8-9,18-21H,3-7,10-17H2,1-2H3,(H,27,30). The molecule has 5 nitrogen and oxygen atoms in total. The lowest BCUT2D eigenvalue weighted by Crippen LogP contribution is -2.40. The van der Waals surface area contributed by atoms with Crippen LogP contribution in [0.5, 0.6) is 0 Å². The Labute approximate surface area is 187 Å². The molecular formula is C26H39N3O2. The number of hydrogen-bond acceptors (Lipinski definition) is 3. The van der Waals surface area contributed by atoms with Crippen molar-refractivity contribution in [2.45, 2.75) is 71.6 Å². The van der Waals surface area contributed by atoms with Crippen LogP contribution in [0.25, 0.3) is 0 Å². The number of benzene rings is 1. The Bertz CT molecular complexity index is 771. The van der Waals surface area contributed by atoms with E-state index in [2.05, 4.69) is 30.1 Å². The van der Waals surface area contributed by atoms with Gasteiger partial charge in [0.25, 0.3) is 5.91 Å². The molecule has 2 aliphatic heterocycles. The Morgan fingerprint density at radius 2 is 1.45 bits per heavy atom. The number of amides is 2. The minimum absolute atomic E-state index is 0.111. The molecule has 1 N–H and O–H groups in total. The van der Waals surface area contributed by atoms with E-state index in [-0.39, 0.29) is 17.7 Å². The van der Waals surface area contributed by atoms with Gasteiger partial charge in [0.05, 0.1) is 5.56 Å². The van der Waals surface area contributed by atoms with Gasteiger partial charge in [-0.1, -0.05) is 33.1 Å². The van der Waals surface area contributed by atoms with E-state index in [0.717, 1.165) is 100 Å². The molecule has 1 saturated carbocycles. The van der Waals surface area contributed by atoms with Crippen molar-refractivity contribution in [1.82, 2.24) is 4.90 Å². The summed E-state index contributed by atoms with van der Waals surface area (Å²) in [5.74, 6) is 1.78. The lowest BCUT2D eigenvalue weighted by Gasteiger charge is -2.35. The highest BCUT2D eigenvalue weighted by atomic mass is 16.2. The van der Waals surface area contributed by atoms with Crippen LogP contribution < -0.4 is 10.2 Å². The van der Waals surface area contributed by atoms with E-state index in [9.17, 15) is 9.59 Å². The molecule has 1 aromatic carbocycles. The van der Waals surface area contributed by atoms with Crippen LogP contribution in [0, 0.1) is 17.8 Å². The van der Waals surface area contributed by atoms with Crippen molar-refractivity contribution in [2.75, 3.05) is 36.4 Å². The van der Waals surface area contributed by atoms with Crippen LogP contribution >= 0.6 is 0 Å². The van der Waals surface area contributed by atoms with Crippen molar-refractivity contribution in [3.63, 3.8) is 0 Å². The van der Waals surface area contributed by atoms with Crippen LogP contribution in [-0.2, 0) is 4.79 Å². The Kier molecular flexibility index (Phi) is 7.19. The van der Waals surface area contributed by atoms with Gasteiger partial charge < -0.3 is 15.1 Å². The lowest BCUT2D eigenvalue weighted by molar-refractivity contribution is -0.120. The topological polar surface area (TPSA) is 52.7 Å². The number of anilines is 2. The van der Waals surface area contributed by atoms with Crippen LogP contribution in [0.2, 0.25) is 0 Å². The average molecular weight is 426 g/mol. The number of carbonyl (C=O) groups is 2. The van der Waals surface area contributed by atoms with E-state index in [1.165, 1.54) is 6.42 Å². The number of likely N-dealkylation sites (tertiary alicyclic amines) is 1. The van der Waals surface area contributed by atoms with Gasteiger partial charge in [0, 0.05) is 43.5 Å². The third kappa shape index (κ3) is 5.42. The molecule has 1 aliphatic carbocycles. The van der Waals surface area contributed by atoms with E-state index in [0.29, 0.717) is 5.92 Å². The minimum Gasteiger partial charge on any atom is -0.371 e. The summed E-state index contributed by atoms with van der Waals surface area (Å²) in [4.78, 5) is 30.7. The summed E-state index contributed by atoms with van der Waals surface area (Å²) < 4.78 is 0. The molecule has 4 rings (SSSR count). The van der Waals surface area contributed by atoms with Crippen LogP contribution in [0.3, 0.4) is 0 Å². The zero-order valence-electron chi connectivity index (χ0n) is 19.4. The van der Waals surface area contributed by atoms with Crippen molar-refractivity contribution in [3.05, 3.63) is 23.8 Å². The monoisotopic (exact) mass is 425 g/mol. The minimum atomic E-state index is 0.111. The predicted molar refractivity (Wildman–Crippen MR) is 127 cm³/mol. The van der Waals surface area contributed by atoms with Gasteiger partial charge in [-0.3, -0.25) is 9.59 Å².